The van der Waals surface area contributed by atoms with Crippen molar-refractivity contribution in [3.63, 3.8) is 0 Å². The summed E-state index contributed by atoms with van der Waals surface area (Å²) >= 11 is 6.48. The SMILES string of the molecule is CCOc1cc(O[C@H]2CCc3c(-c4cccc(OCCCN5CC[C@@H](O)C5)c4C)cccc32)c(Cl)cc1C=O. The molecular weight excluding hydrogens is 514 g/mol. The summed E-state index contributed by atoms with van der Waals surface area (Å²) in [5, 5.41) is 10.1. The molecule has 0 amide bonds. The highest BCUT2D eigenvalue weighted by Crippen LogP contribution is 2.43. The number of hydrogen-bond acceptors (Lipinski definition) is 6. The summed E-state index contributed by atoms with van der Waals surface area (Å²) in [6.45, 7) is 7.76. The topological polar surface area (TPSA) is 68.2 Å². The van der Waals surface area contributed by atoms with E-state index in [1.54, 1.807) is 12.1 Å². The summed E-state index contributed by atoms with van der Waals surface area (Å²) in [5.41, 5.74) is 6.33. The van der Waals surface area contributed by atoms with E-state index in [0.717, 1.165) is 68.5 Å². The zero-order valence-electron chi connectivity index (χ0n) is 22.6. The average molecular weight is 550 g/mol. The largest absolute Gasteiger partial charge is 0.493 e. The van der Waals surface area contributed by atoms with Crippen molar-refractivity contribution in [1.29, 1.82) is 0 Å². The maximum Gasteiger partial charge on any atom is 0.153 e. The van der Waals surface area contributed by atoms with E-state index in [0.29, 0.717) is 35.3 Å². The minimum absolute atomic E-state index is 0.141. The molecule has 1 N–H and O–H groups in total. The number of rotatable bonds is 11. The van der Waals surface area contributed by atoms with Gasteiger partial charge in [-0.05, 0) is 79.5 Å². The monoisotopic (exact) mass is 549 g/mol. The van der Waals surface area contributed by atoms with E-state index in [-0.39, 0.29) is 12.2 Å². The second-order valence-electron chi connectivity index (χ2n) is 10.3. The molecule has 39 heavy (non-hydrogen) atoms. The molecule has 3 aromatic carbocycles. The van der Waals surface area contributed by atoms with Gasteiger partial charge in [-0.15, -0.1) is 0 Å². The van der Waals surface area contributed by atoms with E-state index in [1.807, 2.05) is 13.0 Å². The lowest BCUT2D eigenvalue weighted by atomic mass is 9.93. The first-order valence-electron chi connectivity index (χ1n) is 13.8. The van der Waals surface area contributed by atoms with E-state index in [4.69, 9.17) is 25.8 Å². The highest BCUT2D eigenvalue weighted by atomic mass is 35.5. The van der Waals surface area contributed by atoms with Gasteiger partial charge >= 0.3 is 0 Å². The number of carbonyl (C=O) groups is 1. The van der Waals surface area contributed by atoms with Crippen molar-refractivity contribution in [3.8, 4) is 28.4 Å². The third-order valence-corrected chi connectivity index (χ3v) is 7.97. The summed E-state index contributed by atoms with van der Waals surface area (Å²) in [4.78, 5) is 13.7. The van der Waals surface area contributed by atoms with Gasteiger partial charge in [0.25, 0.3) is 0 Å². The van der Waals surface area contributed by atoms with Crippen LogP contribution < -0.4 is 14.2 Å². The van der Waals surface area contributed by atoms with Crippen LogP contribution in [0.2, 0.25) is 5.02 Å². The Bertz CT molecular complexity index is 1330. The van der Waals surface area contributed by atoms with E-state index >= 15 is 0 Å². The second kappa shape index (κ2) is 12.4. The van der Waals surface area contributed by atoms with Crippen molar-refractivity contribution in [2.75, 3.05) is 32.8 Å². The molecule has 1 aliphatic heterocycles. The first-order valence-corrected chi connectivity index (χ1v) is 14.2. The van der Waals surface area contributed by atoms with Crippen molar-refractivity contribution in [2.24, 2.45) is 0 Å². The number of β-amino-alcohol motifs (C(OH)–C–C–N with tert-alkyl or cyclic N) is 1. The van der Waals surface area contributed by atoms with Gasteiger partial charge in [0.2, 0.25) is 0 Å². The molecule has 0 radical (unpaired) electrons. The van der Waals surface area contributed by atoms with Crippen molar-refractivity contribution in [2.45, 2.75) is 51.7 Å². The molecule has 1 saturated heterocycles. The standard InChI is InChI=1S/C32H36ClNO5/c1-3-37-31-18-32(28(33)17-22(31)20-35)39-30-12-11-26-25(8-4-9-27(26)30)24-7-5-10-29(21(24)2)38-16-6-14-34-15-13-23(36)19-34/h4-5,7-10,17-18,20,23,30,36H,3,6,11-16,19H2,1-2H3/t23-,30+/m1/s1. The zero-order valence-corrected chi connectivity index (χ0v) is 23.4. The Hall–Kier alpha value is -3.06. The molecule has 2 atom stereocenters. The Balaban J connectivity index is 1.32. The molecule has 5 rings (SSSR count). The number of hydrogen-bond donors (Lipinski definition) is 1. The van der Waals surface area contributed by atoms with Crippen LogP contribution >= 0.6 is 11.6 Å². The molecule has 0 aromatic heterocycles. The summed E-state index contributed by atoms with van der Waals surface area (Å²) in [7, 11) is 0. The van der Waals surface area contributed by atoms with Gasteiger partial charge in [-0.1, -0.05) is 41.9 Å². The molecule has 1 fully saturated rings. The summed E-state index contributed by atoms with van der Waals surface area (Å²) in [6.07, 6.45) is 3.94. The van der Waals surface area contributed by atoms with Gasteiger partial charge in [0.1, 0.15) is 23.4 Å². The molecule has 3 aromatic rings. The van der Waals surface area contributed by atoms with Crippen LogP contribution in [-0.4, -0.2) is 55.2 Å². The summed E-state index contributed by atoms with van der Waals surface area (Å²) in [5.74, 6) is 1.90. The number of aldehydes is 1. The van der Waals surface area contributed by atoms with Crippen LogP contribution in [0.1, 0.15) is 59.3 Å². The fourth-order valence-corrected chi connectivity index (χ4v) is 5.92. The lowest BCUT2D eigenvalue weighted by Crippen LogP contribution is -2.24. The number of fused-ring (bicyclic) bond motifs is 1. The van der Waals surface area contributed by atoms with Crippen LogP contribution in [0.15, 0.2) is 48.5 Å². The van der Waals surface area contributed by atoms with Gasteiger partial charge < -0.3 is 24.2 Å². The van der Waals surface area contributed by atoms with Gasteiger partial charge in [0.15, 0.2) is 6.29 Å². The number of halogens is 1. The van der Waals surface area contributed by atoms with Crippen LogP contribution in [0.4, 0.5) is 0 Å². The number of benzene rings is 3. The Morgan fingerprint density at radius 1 is 1.05 bits per heavy atom. The van der Waals surface area contributed by atoms with E-state index in [1.165, 1.54) is 16.7 Å². The molecule has 0 spiro atoms. The predicted octanol–water partition coefficient (Wildman–Crippen LogP) is 6.43. The summed E-state index contributed by atoms with van der Waals surface area (Å²) in [6, 6.07) is 15.9. The highest BCUT2D eigenvalue weighted by Gasteiger charge is 2.28. The molecular formula is C32H36ClNO5. The van der Waals surface area contributed by atoms with Gasteiger partial charge in [-0.25, -0.2) is 0 Å². The minimum Gasteiger partial charge on any atom is -0.493 e. The van der Waals surface area contributed by atoms with Crippen LogP contribution in [0.25, 0.3) is 11.1 Å². The fourth-order valence-electron chi connectivity index (χ4n) is 5.71. The van der Waals surface area contributed by atoms with Gasteiger partial charge in [0, 0.05) is 25.7 Å². The Kier molecular flexibility index (Phi) is 8.75. The minimum atomic E-state index is -0.185. The van der Waals surface area contributed by atoms with E-state index in [2.05, 4.69) is 42.2 Å². The smallest absolute Gasteiger partial charge is 0.153 e. The molecule has 6 nitrogen and oxygen atoms in total. The second-order valence-corrected chi connectivity index (χ2v) is 10.7. The molecule has 206 valence electrons. The molecule has 2 aliphatic rings. The number of nitrogens with zero attached hydrogens (tertiary/aromatic N) is 1. The quantitative estimate of drug-likeness (QED) is 0.220. The van der Waals surface area contributed by atoms with Crippen LogP contribution in [0.5, 0.6) is 17.2 Å². The molecule has 0 unspecified atom stereocenters. The van der Waals surface area contributed by atoms with Gasteiger partial charge in [-0.2, -0.15) is 0 Å². The van der Waals surface area contributed by atoms with Gasteiger partial charge in [0.05, 0.1) is 29.9 Å². The molecule has 0 bridgehead atoms. The zero-order chi connectivity index (χ0) is 27.4. The lowest BCUT2D eigenvalue weighted by molar-refractivity contribution is 0.111. The number of likely N-dealkylation sites (tertiary alicyclic amines) is 1. The normalized spacial score (nSPS) is 18.7. The van der Waals surface area contributed by atoms with Gasteiger partial charge in [-0.3, -0.25) is 4.79 Å². The fraction of sp³-hybridized carbons (Fsp3) is 0.406. The maximum atomic E-state index is 11.4. The molecule has 1 heterocycles. The predicted molar refractivity (Wildman–Crippen MR) is 153 cm³/mol. The Morgan fingerprint density at radius 2 is 1.87 bits per heavy atom. The number of aliphatic hydroxyl groups excluding tert-OH is 1. The molecule has 0 saturated carbocycles. The van der Waals surface area contributed by atoms with Crippen molar-refractivity contribution in [1.82, 2.24) is 4.90 Å². The van der Waals surface area contributed by atoms with Crippen LogP contribution in [0, 0.1) is 6.92 Å². The number of ether oxygens (including phenoxy) is 3. The number of carbonyl (C=O) groups excluding carboxylic acids is 1. The Labute approximate surface area is 235 Å². The van der Waals surface area contributed by atoms with Crippen molar-refractivity contribution in [3.05, 3.63) is 75.8 Å². The average Bonchev–Trinajstić information content (AvgIpc) is 3.55. The third kappa shape index (κ3) is 6.08. The van der Waals surface area contributed by atoms with Crippen LogP contribution in [0.3, 0.4) is 0 Å². The molecule has 1 aliphatic carbocycles. The third-order valence-electron chi connectivity index (χ3n) is 7.67. The Morgan fingerprint density at radius 3 is 2.64 bits per heavy atom. The maximum absolute atomic E-state index is 11.4. The van der Waals surface area contributed by atoms with Crippen molar-refractivity contribution < 1.29 is 24.1 Å². The van der Waals surface area contributed by atoms with E-state index < -0.39 is 0 Å². The lowest BCUT2D eigenvalue weighted by Gasteiger charge is -2.19. The number of aliphatic hydroxyl groups is 1. The first kappa shape index (κ1) is 27.5. The highest BCUT2D eigenvalue weighted by molar-refractivity contribution is 6.32. The summed E-state index contributed by atoms with van der Waals surface area (Å²) < 4.78 is 18.2. The van der Waals surface area contributed by atoms with Crippen LogP contribution in [-0.2, 0) is 6.42 Å². The molecule has 7 heteroatoms. The first-order chi connectivity index (χ1) is 19.0. The van der Waals surface area contributed by atoms with E-state index in [9.17, 15) is 9.90 Å². The van der Waals surface area contributed by atoms with Crippen molar-refractivity contribution >= 4 is 17.9 Å².